The molecule has 0 saturated carbocycles. The van der Waals surface area contributed by atoms with Gasteiger partial charge in [-0.3, -0.25) is 14.4 Å². The van der Waals surface area contributed by atoms with Gasteiger partial charge in [-0.15, -0.1) is 0 Å². The van der Waals surface area contributed by atoms with Crippen LogP contribution in [0.15, 0.2) is 12.2 Å². The Labute approximate surface area is 136 Å². The summed E-state index contributed by atoms with van der Waals surface area (Å²) in [6, 6.07) is -0.338. The van der Waals surface area contributed by atoms with E-state index in [4.69, 9.17) is 9.84 Å². The Hall–Kier alpha value is -1.89. The van der Waals surface area contributed by atoms with Gasteiger partial charge in [-0.2, -0.15) is 0 Å². The maximum absolute atomic E-state index is 12.2. The van der Waals surface area contributed by atoms with Crippen molar-refractivity contribution in [2.75, 3.05) is 19.8 Å². The molecule has 23 heavy (non-hydrogen) atoms. The first-order chi connectivity index (χ1) is 11.0. The largest absolute Gasteiger partial charge is 0.464 e. The number of amides is 2. The number of allylic oxidation sites excluding steroid dienone is 2. The molecule has 130 valence electrons. The minimum absolute atomic E-state index is 0.0559. The second-order valence-corrected chi connectivity index (χ2v) is 5.66. The average molecular weight is 326 g/mol. The molecule has 2 amide bonds. The molecule has 0 saturated heterocycles. The first-order valence-corrected chi connectivity index (χ1v) is 8.01. The van der Waals surface area contributed by atoms with E-state index in [0.717, 1.165) is 6.42 Å². The number of aliphatic hydroxyl groups is 1. The molecule has 3 N–H and O–H groups in total. The molecule has 0 radical (unpaired) electrons. The van der Waals surface area contributed by atoms with Crippen molar-refractivity contribution in [2.45, 2.75) is 45.1 Å². The Morgan fingerprint density at radius 3 is 3.00 bits per heavy atom. The fraction of sp³-hybridized carbons (Fsp3) is 0.688. The third-order valence-electron chi connectivity index (χ3n) is 3.49. The summed E-state index contributed by atoms with van der Waals surface area (Å²) in [5.74, 6) is -1.25. The van der Waals surface area contributed by atoms with Crippen molar-refractivity contribution in [1.29, 1.82) is 0 Å². The molecule has 1 aliphatic heterocycles. The van der Waals surface area contributed by atoms with E-state index in [9.17, 15) is 14.4 Å². The molecule has 0 bridgehead atoms. The summed E-state index contributed by atoms with van der Waals surface area (Å²) in [4.78, 5) is 35.5. The van der Waals surface area contributed by atoms with Crippen LogP contribution < -0.4 is 10.6 Å². The zero-order chi connectivity index (χ0) is 17.1. The van der Waals surface area contributed by atoms with Crippen molar-refractivity contribution < 1.29 is 24.2 Å². The molecule has 0 aliphatic carbocycles. The highest BCUT2D eigenvalue weighted by atomic mass is 16.5. The molecule has 0 fully saturated rings. The zero-order valence-corrected chi connectivity index (χ0v) is 13.5. The van der Waals surface area contributed by atoms with Crippen molar-refractivity contribution in [2.24, 2.45) is 5.92 Å². The summed E-state index contributed by atoms with van der Waals surface area (Å²) >= 11 is 0. The monoisotopic (exact) mass is 326 g/mol. The highest BCUT2D eigenvalue weighted by Gasteiger charge is 2.21. The van der Waals surface area contributed by atoms with E-state index in [1.54, 1.807) is 6.92 Å². The maximum atomic E-state index is 12.2. The molecule has 7 heteroatoms. The standard InChI is InChI=1S/C16H26N2O5/c1-12(11-19)18-14(20)10-13-6-4-2-3-5-7-15(21)23-9-8-17-16(13)22/h2,4,12-13,19H,3,5-11H2,1H3,(H,17,22)(H,18,20)/t12-,13-/m1/s1. The van der Waals surface area contributed by atoms with Crippen LogP contribution in [0, 0.1) is 5.92 Å². The molecular weight excluding hydrogens is 300 g/mol. The smallest absolute Gasteiger partial charge is 0.305 e. The Morgan fingerprint density at radius 1 is 1.48 bits per heavy atom. The number of hydrogen-bond donors (Lipinski definition) is 3. The highest BCUT2D eigenvalue weighted by Crippen LogP contribution is 2.12. The maximum Gasteiger partial charge on any atom is 0.305 e. The SMILES string of the molecule is C[C@H](CO)NC(=O)C[C@H]1CC=CCCCC(=O)OCCNC1=O. The Kier molecular flexibility index (Phi) is 8.97. The highest BCUT2D eigenvalue weighted by molar-refractivity contribution is 5.86. The van der Waals surface area contributed by atoms with Gasteiger partial charge in [0.1, 0.15) is 6.61 Å². The number of esters is 1. The molecule has 1 rings (SSSR count). The predicted octanol–water partition coefficient (Wildman–Crippen LogP) is 0.279. The summed E-state index contributed by atoms with van der Waals surface area (Å²) in [7, 11) is 0. The average Bonchev–Trinajstić information content (AvgIpc) is 2.53. The van der Waals surface area contributed by atoms with Crippen LogP contribution in [0.3, 0.4) is 0 Å². The van der Waals surface area contributed by atoms with E-state index in [-0.39, 0.29) is 50.0 Å². The Morgan fingerprint density at radius 2 is 2.26 bits per heavy atom. The predicted molar refractivity (Wildman–Crippen MR) is 84.4 cm³/mol. The van der Waals surface area contributed by atoms with E-state index in [2.05, 4.69) is 10.6 Å². The lowest BCUT2D eigenvalue weighted by molar-refractivity contribution is -0.144. The molecule has 1 aliphatic rings. The van der Waals surface area contributed by atoms with Crippen LogP contribution in [0.25, 0.3) is 0 Å². The molecule has 0 aromatic rings. The lowest BCUT2D eigenvalue weighted by atomic mass is 9.99. The molecule has 0 aromatic carbocycles. The van der Waals surface area contributed by atoms with Gasteiger partial charge >= 0.3 is 5.97 Å². The fourth-order valence-electron chi connectivity index (χ4n) is 2.18. The third-order valence-corrected chi connectivity index (χ3v) is 3.49. The normalized spacial score (nSPS) is 21.9. The van der Waals surface area contributed by atoms with Crippen LogP contribution in [-0.4, -0.2) is 48.7 Å². The Bertz CT molecular complexity index is 436. The van der Waals surface area contributed by atoms with Crippen LogP contribution in [0.5, 0.6) is 0 Å². The molecule has 0 aromatic heterocycles. The number of ether oxygens (including phenoxy) is 1. The quantitative estimate of drug-likeness (QED) is 0.508. The van der Waals surface area contributed by atoms with Crippen molar-refractivity contribution in [3.05, 3.63) is 12.2 Å². The second-order valence-electron chi connectivity index (χ2n) is 5.66. The van der Waals surface area contributed by atoms with Gasteiger partial charge in [-0.05, 0) is 26.2 Å². The number of aliphatic hydroxyl groups excluding tert-OH is 1. The van der Waals surface area contributed by atoms with Crippen LogP contribution in [0.2, 0.25) is 0 Å². The van der Waals surface area contributed by atoms with E-state index in [0.29, 0.717) is 19.3 Å². The number of carbonyl (C=O) groups is 3. The summed E-state index contributed by atoms with van der Waals surface area (Å²) < 4.78 is 5.00. The molecule has 2 atom stereocenters. The van der Waals surface area contributed by atoms with Crippen LogP contribution in [-0.2, 0) is 19.1 Å². The minimum Gasteiger partial charge on any atom is -0.464 e. The Balaban J connectivity index is 2.60. The molecular formula is C16H26N2O5. The number of nitrogens with one attached hydrogen (secondary N) is 2. The van der Waals surface area contributed by atoms with Gasteiger partial charge in [0.05, 0.1) is 19.1 Å². The molecule has 0 unspecified atom stereocenters. The van der Waals surface area contributed by atoms with E-state index in [1.165, 1.54) is 0 Å². The molecule has 0 spiro atoms. The lowest BCUT2D eigenvalue weighted by Gasteiger charge is -2.17. The lowest BCUT2D eigenvalue weighted by Crippen LogP contribution is -2.39. The van der Waals surface area contributed by atoms with Crippen LogP contribution >= 0.6 is 0 Å². The topological polar surface area (TPSA) is 105 Å². The number of rotatable bonds is 4. The summed E-state index contributed by atoms with van der Waals surface area (Å²) in [5.41, 5.74) is 0. The van der Waals surface area contributed by atoms with Crippen molar-refractivity contribution in [3.63, 3.8) is 0 Å². The number of cyclic esters (lactones) is 1. The summed E-state index contributed by atoms with van der Waals surface area (Å²) in [6.45, 7) is 1.92. The van der Waals surface area contributed by atoms with Gasteiger partial charge in [-0.1, -0.05) is 12.2 Å². The third kappa shape index (κ3) is 8.35. The molecule has 1 heterocycles. The van der Waals surface area contributed by atoms with Gasteiger partial charge in [0, 0.05) is 18.9 Å². The second kappa shape index (κ2) is 10.8. The van der Waals surface area contributed by atoms with Gasteiger partial charge < -0.3 is 20.5 Å². The first kappa shape index (κ1) is 19.2. The number of hydrogen-bond acceptors (Lipinski definition) is 5. The number of carbonyl (C=O) groups excluding carboxylic acids is 3. The minimum atomic E-state index is -0.478. The van der Waals surface area contributed by atoms with Gasteiger partial charge in [0.15, 0.2) is 0 Å². The zero-order valence-electron chi connectivity index (χ0n) is 13.5. The van der Waals surface area contributed by atoms with Gasteiger partial charge in [0.2, 0.25) is 11.8 Å². The van der Waals surface area contributed by atoms with Crippen LogP contribution in [0.1, 0.15) is 39.0 Å². The van der Waals surface area contributed by atoms with E-state index >= 15 is 0 Å². The summed E-state index contributed by atoms with van der Waals surface area (Å²) in [5, 5.41) is 14.3. The fourth-order valence-corrected chi connectivity index (χ4v) is 2.18. The van der Waals surface area contributed by atoms with Crippen LogP contribution in [0.4, 0.5) is 0 Å². The van der Waals surface area contributed by atoms with E-state index in [1.807, 2.05) is 12.2 Å². The van der Waals surface area contributed by atoms with E-state index < -0.39 is 5.92 Å². The molecule has 7 nitrogen and oxygen atoms in total. The van der Waals surface area contributed by atoms with Gasteiger partial charge in [-0.25, -0.2) is 0 Å². The van der Waals surface area contributed by atoms with Crippen molar-refractivity contribution >= 4 is 17.8 Å². The van der Waals surface area contributed by atoms with Gasteiger partial charge in [0.25, 0.3) is 0 Å². The first-order valence-electron chi connectivity index (χ1n) is 8.01. The summed E-state index contributed by atoms with van der Waals surface area (Å²) in [6.07, 6.45) is 6.11. The van der Waals surface area contributed by atoms with Crippen molar-refractivity contribution in [3.8, 4) is 0 Å². The van der Waals surface area contributed by atoms with Crippen molar-refractivity contribution in [1.82, 2.24) is 10.6 Å².